The number of aromatic nitrogens is 1. The van der Waals surface area contributed by atoms with E-state index in [0.717, 1.165) is 36.1 Å². The van der Waals surface area contributed by atoms with Crippen molar-refractivity contribution in [3.63, 3.8) is 0 Å². The van der Waals surface area contributed by atoms with Crippen LogP contribution < -0.4 is 0 Å². The highest BCUT2D eigenvalue weighted by Crippen LogP contribution is 2.21. The monoisotopic (exact) mass is 255 g/mol. The third kappa shape index (κ3) is 3.90. The van der Waals surface area contributed by atoms with E-state index in [2.05, 4.69) is 35.3 Å². The lowest BCUT2D eigenvalue weighted by atomic mass is 10.0. The second kappa shape index (κ2) is 6.48. The fourth-order valence-electron chi connectivity index (χ4n) is 2.36. The molecular formula is C17H21NO. The van der Waals surface area contributed by atoms with Gasteiger partial charge in [-0.2, -0.15) is 0 Å². The van der Waals surface area contributed by atoms with E-state index in [0.29, 0.717) is 0 Å². The molecule has 1 aromatic carbocycles. The van der Waals surface area contributed by atoms with E-state index in [-0.39, 0.29) is 0 Å². The number of aliphatic hydroxyl groups excluding tert-OH is 1. The molecule has 0 aliphatic heterocycles. The van der Waals surface area contributed by atoms with Gasteiger partial charge in [-0.1, -0.05) is 36.4 Å². The van der Waals surface area contributed by atoms with Crippen molar-refractivity contribution < 1.29 is 5.11 Å². The van der Waals surface area contributed by atoms with E-state index in [4.69, 9.17) is 0 Å². The highest BCUT2D eigenvalue weighted by molar-refractivity contribution is 5.24. The Bertz CT molecular complexity index is 522. The van der Waals surface area contributed by atoms with Gasteiger partial charge in [0.2, 0.25) is 0 Å². The van der Waals surface area contributed by atoms with Crippen LogP contribution in [0.1, 0.15) is 41.3 Å². The molecule has 19 heavy (non-hydrogen) atoms. The molecule has 0 saturated heterocycles. The molecule has 1 unspecified atom stereocenters. The predicted octanol–water partition coefficient (Wildman–Crippen LogP) is 3.75. The lowest BCUT2D eigenvalue weighted by Crippen LogP contribution is -2.04. The van der Waals surface area contributed by atoms with Crippen molar-refractivity contribution in [2.45, 2.75) is 39.2 Å². The molecule has 2 aromatic rings. The minimum absolute atomic E-state index is 0.454. The van der Waals surface area contributed by atoms with Crippen LogP contribution in [0.2, 0.25) is 0 Å². The number of hydrogen-bond acceptors (Lipinski definition) is 2. The van der Waals surface area contributed by atoms with Crippen LogP contribution in [0.15, 0.2) is 42.6 Å². The highest BCUT2D eigenvalue weighted by Gasteiger charge is 2.11. The van der Waals surface area contributed by atoms with Gasteiger partial charge in [-0.15, -0.1) is 0 Å². The molecular weight excluding hydrogens is 234 g/mol. The first-order valence-corrected chi connectivity index (χ1v) is 6.82. The summed E-state index contributed by atoms with van der Waals surface area (Å²) in [6, 6.07) is 12.5. The molecule has 1 N–H and O–H groups in total. The van der Waals surface area contributed by atoms with Gasteiger partial charge < -0.3 is 5.11 Å². The van der Waals surface area contributed by atoms with Crippen LogP contribution in [0.4, 0.5) is 0 Å². The van der Waals surface area contributed by atoms with Crippen LogP contribution in [0, 0.1) is 13.8 Å². The zero-order chi connectivity index (χ0) is 13.7. The largest absolute Gasteiger partial charge is 0.387 e. The number of rotatable bonds is 5. The van der Waals surface area contributed by atoms with Gasteiger partial charge in [-0.05, 0) is 49.8 Å². The quantitative estimate of drug-likeness (QED) is 0.882. The van der Waals surface area contributed by atoms with Crippen molar-refractivity contribution in [1.82, 2.24) is 4.98 Å². The Labute approximate surface area is 115 Å². The number of aliphatic hydroxyl groups is 1. The van der Waals surface area contributed by atoms with Crippen LogP contribution in [0.5, 0.6) is 0 Å². The Balaban J connectivity index is 1.89. The molecule has 0 radical (unpaired) electrons. The Morgan fingerprint density at radius 1 is 1.16 bits per heavy atom. The molecule has 0 amide bonds. The molecule has 1 heterocycles. The zero-order valence-electron chi connectivity index (χ0n) is 11.6. The summed E-state index contributed by atoms with van der Waals surface area (Å²) in [6.45, 7) is 4.03. The van der Waals surface area contributed by atoms with Gasteiger partial charge in [0.15, 0.2) is 0 Å². The van der Waals surface area contributed by atoms with Gasteiger partial charge in [0, 0.05) is 6.20 Å². The van der Waals surface area contributed by atoms with Crippen molar-refractivity contribution >= 4 is 0 Å². The molecule has 0 bridgehead atoms. The minimum Gasteiger partial charge on any atom is -0.387 e. The van der Waals surface area contributed by atoms with E-state index in [1.54, 1.807) is 0 Å². The molecule has 2 heteroatoms. The van der Waals surface area contributed by atoms with Crippen molar-refractivity contribution in [2.75, 3.05) is 0 Å². The van der Waals surface area contributed by atoms with E-state index in [1.165, 1.54) is 5.56 Å². The third-order valence-corrected chi connectivity index (χ3v) is 3.36. The van der Waals surface area contributed by atoms with Gasteiger partial charge in [-0.25, -0.2) is 0 Å². The van der Waals surface area contributed by atoms with Gasteiger partial charge in [0.1, 0.15) is 0 Å². The van der Waals surface area contributed by atoms with Crippen molar-refractivity contribution in [3.8, 4) is 0 Å². The maximum Gasteiger partial charge on any atom is 0.0962 e. The summed E-state index contributed by atoms with van der Waals surface area (Å²) in [5.74, 6) is 0. The van der Waals surface area contributed by atoms with Gasteiger partial charge in [0.05, 0.1) is 11.8 Å². The first-order chi connectivity index (χ1) is 9.16. The fraction of sp³-hybridized carbons (Fsp3) is 0.353. The SMILES string of the molecule is Cc1cnc(C(O)CCCc2ccccc2)c(C)c1. The summed E-state index contributed by atoms with van der Waals surface area (Å²) in [7, 11) is 0. The third-order valence-electron chi connectivity index (χ3n) is 3.36. The molecule has 1 atom stereocenters. The van der Waals surface area contributed by atoms with Gasteiger partial charge >= 0.3 is 0 Å². The second-order valence-electron chi connectivity index (χ2n) is 5.11. The van der Waals surface area contributed by atoms with Crippen LogP contribution in [0.3, 0.4) is 0 Å². The molecule has 2 rings (SSSR count). The zero-order valence-corrected chi connectivity index (χ0v) is 11.6. The molecule has 1 aromatic heterocycles. The molecule has 0 saturated carbocycles. The van der Waals surface area contributed by atoms with Crippen LogP contribution in [-0.4, -0.2) is 10.1 Å². The molecule has 0 fully saturated rings. The lowest BCUT2D eigenvalue weighted by Gasteiger charge is -2.13. The Hall–Kier alpha value is -1.67. The normalized spacial score (nSPS) is 12.4. The average molecular weight is 255 g/mol. The maximum absolute atomic E-state index is 10.2. The first kappa shape index (κ1) is 13.8. The standard InChI is InChI=1S/C17H21NO/c1-13-11-14(2)17(18-12-13)16(19)10-6-9-15-7-4-3-5-8-15/h3-5,7-8,11-12,16,19H,6,9-10H2,1-2H3. The summed E-state index contributed by atoms with van der Waals surface area (Å²) < 4.78 is 0. The molecule has 100 valence electrons. The summed E-state index contributed by atoms with van der Waals surface area (Å²) in [6.07, 6.45) is 4.10. The van der Waals surface area contributed by atoms with Crippen LogP contribution in [0.25, 0.3) is 0 Å². The van der Waals surface area contributed by atoms with Crippen LogP contribution in [-0.2, 0) is 6.42 Å². The topological polar surface area (TPSA) is 33.1 Å². The second-order valence-corrected chi connectivity index (χ2v) is 5.11. The van der Waals surface area contributed by atoms with E-state index in [9.17, 15) is 5.11 Å². The maximum atomic E-state index is 10.2. The Kier molecular flexibility index (Phi) is 4.69. The van der Waals surface area contributed by atoms with Crippen molar-refractivity contribution in [3.05, 3.63) is 65.0 Å². The Morgan fingerprint density at radius 2 is 1.89 bits per heavy atom. The molecule has 0 spiro atoms. The van der Waals surface area contributed by atoms with E-state index in [1.807, 2.05) is 26.1 Å². The average Bonchev–Trinajstić information content (AvgIpc) is 2.39. The summed E-state index contributed by atoms with van der Waals surface area (Å²) in [4.78, 5) is 4.35. The van der Waals surface area contributed by atoms with Gasteiger partial charge in [0.25, 0.3) is 0 Å². The minimum atomic E-state index is -0.454. The van der Waals surface area contributed by atoms with Crippen molar-refractivity contribution in [2.24, 2.45) is 0 Å². The fourth-order valence-corrected chi connectivity index (χ4v) is 2.36. The Morgan fingerprint density at radius 3 is 2.58 bits per heavy atom. The number of benzene rings is 1. The molecule has 0 aliphatic rings. The molecule has 0 aliphatic carbocycles. The summed E-state index contributed by atoms with van der Waals surface area (Å²) in [5.41, 5.74) is 4.35. The number of hydrogen-bond donors (Lipinski definition) is 1. The number of pyridine rings is 1. The van der Waals surface area contributed by atoms with E-state index < -0.39 is 6.10 Å². The molecule has 2 nitrogen and oxygen atoms in total. The lowest BCUT2D eigenvalue weighted by molar-refractivity contribution is 0.159. The summed E-state index contributed by atoms with van der Waals surface area (Å²) >= 11 is 0. The first-order valence-electron chi connectivity index (χ1n) is 6.82. The van der Waals surface area contributed by atoms with Crippen LogP contribution >= 0.6 is 0 Å². The summed E-state index contributed by atoms with van der Waals surface area (Å²) in [5, 5.41) is 10.2. The van der Waals surface area contributed by atoms with E-state index >= 15 is 0 Å². The predicted molar refractivity (Wildman–Crippen MR) is 78.1 cm³/mol. The van der Waals surface area contributed by atoms with Crippen molar-refractivity contribution in [1.29, 1.82) is 0 Å². The number of nitrogens with zero attached hydrogens (tertiary/aromatic N) is 1. The van der Waals surface area contributed by atoms with Gasteiger partial charge in [-0.3, -0.25) is 4.98 Å². The number of aryl methyl sites for hydroxylation is 3. The highest BCUT2D eigenvalue weighted by atomic mass is 16.3. The smallest absolute Gasteiger partial charge is 0.0962 e.